The minimum Gasteiger partial charge on any atom is -0.342 e. The van der Waals surface area contributed by atoms with Crippen LogP contribution in [0.15, 0.2) is 22.7 Å². The van der Waals surface area contributed by atoms with Gasteiger partial charge in [0.05, 0.1) is 6.42 Å². The van der Waals surface area contributed by atoms with Crippen LogP contribution >= 0.6 is 28.1 Å². The molecule has 1 aromatic heterocycles. The van der Waals surface area contributed by atoms with E-state index in [1.54, 1.807) is 6.07 Å². The van der Waals surface area contributed by atoms with Gasteiger partial charge in [-0.25, -0.2) is 4.39 Å². The molecule has 2 atom stereocenters. The molecular weight excluding hydrogens is 417 g/mol. The van der Waals surface area contributed by atoms with Gasteiger partial charge in [0.25, 0.3) is 0 Å². The summed E-state index contributed by atoms with van der Waals surface area (Å²) in [4.78, 5) is 17.8. The molecule has 7 heteroatoms. The Kier molecular flexibility index (Phi) is 3.70. The Morgan fingerprint density at radius 3 is 2.92 bits per heavy atom. The van der Waals surface area contributed by atoms with Crippen LogP contribution in [-0.4, -0.2) is 33.4 Å². The van der Waals surface area contributed by atoms with Crippen LogP contribution in [0, 0.1) is 10.6 Å². The van der Waals surface area contributed by atoms with E-state index in [1.807, 2.05) is 11.0 Å². The zero-order valence-corrected chi connectivity index (χ0v) is 16.6. The summed E-state index contributed by atoms with van der Waals surface area (Å²) in [5.41, 5.74) is 2.58. The summed E-state index contributed by atoms with van der Waals surface area (Å²) in [5, 5.41) is 0. The van der Waals surface area contributed by atoms with E-state index in [2.05, 4.69) is 25.5 Å². The summed E-state index contributed by atoms with van der Waals surface area (Å²) in [6.45, 7) is 2.39. The van der Waals surface area contributed by atoms with Crippen molar-refractivity contribution in [3.05, 3.63) is 50.2 Å². The van der Waals surface area contributed by atoms with E-state index in [-0.39, 0.29) is 23.1 Å². The predicted molar refractivity (Wildman–Crippen MR) is 102 cm³/mol. The Morgan fingerprint density at radius 2 is 2.15 bits per heavy atom. The standard InChI is InChI=1S/C19H19BrFN3OS/c20-11-3-4-14(21)12(7-11)19-9-13(19)17-15(22-18(26)24(17)10-19)8-16(25)23-5-1-2-6-23/h3-4,7,13H,1-2,5-6,8-10H2,(H,22,26)/t13?,19-/m1/s1. The minimum absolute atomic E-state index is 0.161. The van der Waals surface area contributed by atoms with Gasteiger partial charge in [-0.1, -0.05) is 15.9 Å². The van der Waals surface area contributed by atoms with Gasteiger partial charge in [-0.3, -0.25) is 4.79 Å². The quantitative estimate of drug-likeness (QED) is 0.738. The molecule has 1 amide bonds. The number of fused-ring (bicyclic) bond motifs is 3. The van der Waals surface area contributed by atoms with Crippen LogP contribution in [0.3, 0.4) is 0 Å². The molecule has 1 N–H and O–H groups in total. The second-order valence-corrected chi connectivity index (χ2v) is 8.98. The molecule has 0 bridgehead atoms. The van der Waals surface area contributed by atoms with Gasteiger partial charge in [0.15, 0.2) is 4.77 Å². The van der Waals surface area contributed by atoms with E-state index in [1.165, 1.54) is 6.07 Å². The third-order valence-corrected chi connectivity index (χ3v) is 7.02. The molecule has 1 saturated heterocycles. The van der Waals surface area contributed by atoms with Gasteiger partial charge in [-0.05, 0) is 55.2 Å². The number of H-pyrrole nitrogens is 1. The molecule has 2 fully saturated rings. The van der Waals surface area contributed by atoms with Crippen molar-refractivity contribution in [3.8, 4) is 0 Å². The van der Waals surface area contributed by atoms with Crippen molar-refractivity contribution in [1.82, 2.24) is 14.5 Å². The first-order valence-corrected chi connectivity index (χ1v) is 10.2. The topological polar surface area (TPSA) is 41.0 Å². The second kappa shape index (κ2) is 5.76. The number of nitrogens with zero attached hydrogens (tertiary/aromatic N) is 2. The molecule has 3 heterocycles. The van der Waals surface area contributed by atoms with E-state index < -0.39 is 0 Å². The molecule has 4 nitrogen and oxygen atoms in total. The zero-order valence-electron chi connectivity index (χ0n) is 14.2. The molecule has 1 aromatic carbocycles. The molecule has 1 aliphatic carbocycles. The van der Waals surface area contributed by atoms with E-state index in [9.17, 15) is 9.18 Å². The Balaban J connectivity index is 1.48. The van der Waals surface area contributed by atoms with Crippen molar-refractivity contribution in [3.63, 3.8) is 0 Å². The molecule has 26 heavy (non-hydrogen) atoms. The van der Waals surface area contributed by atoms with E-state index in [0.29, 0.717) is 17.7 Å². The van der Waals surface area contributed by atoms with Crippen LogP contribution in [0.5, 0.6) is 0 Å². The van der Waals surface area contributed by atoms with E-state index >= 15 is 0 Å². The highest BCUT2D eigenvalue weighted by Crippen LogP contribution is 2.66. The lowest BCUT2D eigenvalue weighted by Crippen LogP contribution is -2.29. The number of hydrogen-bond donors (Lipinski definition) is 1. The molecule has 1 saturated carbocycles. The second-order valence-electron chi connectivity index (χ2n) is 7.68. The largest absolute Gasteiger partial charge is 0.342 e. The SMILES string of the molecule is O=C(Cc1[nH]c(=S)n2c1C1C[C@]1(c1cc(Br)ccc1F)C2)N1CCCC1. The minimum atomic E-state index is -0.211. The van der Waals surface area contributed by atoms with Gasteiger partial charge in [-0.15, -0.1) is 0 Å². The van der Waals surface area contributed by atoms with E-state index in [4.69, 9.17) is 12.2 Å². The fourth-order valence-electron chi connectivity index (χ4n) is 4.84. The predicted octanol–water partition coefficient (Wildman–Crippen LogP) is 4.05. The van der Waals surface area contributed by atoms with Crippen LogP contribution in [0.25, 0.3) is 0 Å². The molecular formula is C19H19BrFN3OS. The molecule has 3 aliphatic rings. The lowest BCUT2D eigenvalue weighted by atomic mass is 9.93. The smallest absolute Gasteiger partial charge is 0.228 e. The average molecular weight is 436 g/mol. The van der Waals surface area contributed by atoms with Crippen molar-refractivity contribution in [1.29, 1.82) is 0 Å². The monoisotopic (exact) mass is 435 g/mol. The Labute approximate surface area is 164 Å². The number of aromatic nitrogens is 2. The van der Waals surface area contributed by atoms with Gasteiger partial charge in [0.1, 0.15) is 5.82 Å². The molecule has 136 valence electrons. The molecule has 1 unspecified atom stereocenters. The number of carbonyl (C=O) groups excluding carboxylic acids is 1. The first-order valence-electron chi connectivity index (χ1n) is 9.04. The first kappa shape index (κ1) is 16.7. The molecule has 0 spiro atoms. The highest BCUT2D eigenvalue weighted by Gasteiger charge is 2.63. The number of aromatic amines is 1. The molecule has 2 aliphatic heterocycles. The van der Waals surface area contributed by atoms with Crippen LogP contribution in [-0.2, 0) is 23.2 Å². The number of rotatable bonds is 3. The van der Waals surface area contributed by atoms with E-state index in [0.717, 1.165) is 53.8 Å². The van der Waals surface area contributed by atoms with Gasteiger partial charge >= 0.3 is 0 Å². The maximum absolute atomic E-state index is 14.5. The normalized spacial score (nSPS) is 26.1. The van der Waals surface area contributed by atoms with Gasteiger partial charge < -0.3 is 14.5 Å². The van der Waals surface area contributed by atoms with Gasteiger partial charge in [-0.2, -0.15) is 0 Å². The Hall–Kier alpha value is -1.47. The number of hydrogen-bond acceptors (Lipinski definition) is 2. The first-order chi connectivity index (χ1) is 12.5. The zero-order chi connectivity index (χ0) is 18.1. The van der Waals surface area contributed by atoms with Crippen molar-refractivity contribution in [2.45, 2.75) is 43.6 Å². The summed E-state index contributed by atoms with van der Waals surface area (Å²) >= 11 is 8.96. The lowest BCUT2D eigenvalue weighted by molar-refractivity contribution is -0.129. The fraction of sp³-hybridized carbons (Fsp3) is 0.474. The third-order valence-electron chi connectivity index (χ3n) is 6.20. The van der Waals surface area contributed by atoms with Crippen molar-refractivity contribution in [2.24, 2.45) is 0 Å². The number of halogens is 2. The number of amides is 1. The fourth-order valence-corrected chi connectivity index (χ4v) is 5.48. The summed E-state index contributed by atoms with van der Waals surface area (Å²) in [6.07, 6.45) is 3.45. The number of carbonyl (C=O) groups is 1. The Bertz CT molecular complexity index is 978. The van der Waals surface area contributed by atoms with Crippen LogP contribution in [0.2, 0.25) is 0 Å². The van der Waals surface area contributed by atoms with Crippen molar-refractivity contribution >= 4 is 34.1 Å². The number of imidazole rings is 1. The number of nitrogens with one attached hydrogen (secondary N) is 1. The van der Waals surface area contributed by atoms with Crippen LogP contribution in [0.4, 0.5) is 4.39 Å². The summed E-state index contributed by atoms with van der Waals surface area (Å²) in [7, 11) is 0. The van der Waals surface area contributed by atoms with Crippen LogP contribution < -0.4 is 0 Å². The van der Waals surface area contributed by atoms with Crippen molar-refractivity contribution < 1.29 is 9.18 Å². The Morgan fingerprint density at radius 1 is 1.38 bits per heavy atom. The molecule has 5 rings (SSSR count). The average Bonchev–Trinajstić information content (AvgIpc) is 2.99. The molecule has 0 radical (unpaired) electrons. The highest BCUT2D eigenvalue weighted by molar-refractivity contribution is 9.10. The maximum Gasteiger partial charge on any atom is 0.228 e. The lowest BCUT2D eigenvalue weighted by Gasteiger charge is -2.15. The summed E-state index contributed by atoms with van der Waals surface area (Å²) in [5.74, 6) is 0.237. The summed E-state index contributed by atoms with van der Waals surface area (Å²) in [6, 6.07) is 5.15. The van der Waals surface area contributed by atoms with Crippen molar-refractivity contribution in [2.75, 3.05) is 13.1 Å². The third kappa shape index (κ3) is 2.36. The van der Waals surface area contributed by atoms with Crippen LogP contribution in [0.1, 0.15) is 42.1 Å². The highest BCUT2D eigenvalue weighted by atomic mass is 79.9. The summed E-state index contributed by atoms with van der Waals surface area (Å²) < 4.78 is 18.1. The number of likely N-dealkylation sites (tertiary alicyclic amines) is 1. The van der Waals surface area contributed by atoms with Gasteiger partial charge in [0, 0.05) is 46.8 Å². The number of benzene rings is 1. The van der Waals surface area contributed by atoms with Gasteiger partial charge in [0.2, 0.25) is 5.91 Å². The molecule has 2 aromatic rings. The maximum atomic E-state index is 14.5.